The van der Waals surface area contributed by atoms with Crippen molar-refractivity contribution in [1.29, 1.82) is 0 Å². The SMILES string of the molecule is CCNC(=NCc1nccn1CC(C)C)N(C)CC1CCCN1CC. The van der Waals surface area contributed by atoms with Crippen LogP contribution in [0.1, 0.15) is 46.4 Å². The topological polar surface area (TPSA) is 48.7 Å². The van der Waals surface area contributed by atoms with Crippen LogP contribution in [0.4, 0.5) is 0 Å². The summed E-state index contributed by atoms with van der Waals surface area (Å²) in [4.78, 5) is 14.2. The lowest BCUT2D eigenvalue weighted by molar-refractivity contribution is 0.232. The van der Waals surface area contributed by atoms with Gasteiger partial charge in [-0.1, -0.05) is 20.8 Å². The summed E-state index contributed by atoms with van der Waals surface area (Å²) in [6.07, 6.45) is 6.53. The third-order valence-corrected chi connectivity index (χ3v) is 4.82. The van der Waals surface area contributed by atoms with E-state index in [1.807, 2.05) is 6.20 Å². The lowest BCUT2D eigenvalue weighted by Crippen LogP contribution is -2.46. The molecular weight excluding hydrogens is 312 g/mol. The third-order valence-electron chi connectivity index (χ3n) is 4.82. The number of nitrogens with one attached hydrogen (secondary N) is 1. The minimum Gasteiger partial charge on any atom is -0.357 e. The smallest absolute Gasteiger partial charge is 0.194 e. The molecule has 1 aliphatic heterocycles. The summed E-state index contributed by atoms with van der Waals surface area (Å²) in [6.45, 7) is 14.7. The van der Waals surface area contributed by atoms with Crippen LogP contribution in [-0.2, 0) is 13.1 Å². The fourth-order valence-corrected chi connectivity index (χ4v) is 3.59. The fourth-order valence-electron chi connectivity index (χ4n) is 3.59. The van der Waals surface area contributed by atoms with Crippen LogP contribution in [0, 0.1) is 5.92 Å². The minimum atomic E-state index is 0.607. The Balaban J connectivity index is 2.01. The second kappa shape index (κ2) is 9.80. The van der Waals surface area contributed by atoms with Crippen LogP contribution in [-0.4, -0.2) is 64.6 Å². The predicted molar refractivity (Wildman–Crippen MR) is 105 cm³/mol. The van der Waals surface area contributed by atoms with Gasteiger partial charge in [0.2, 0.25) is 0 Å². The van der Waals surface area contributed by atoms with E-state index < -0.39 is 0 Å². The van der Waals surface area contributed by atoms with Crippen molar-refractivity contribution in [2.75, 3.05) is 33.2 Å². The number of hydrogen-bond donors (Lipinski definition) is 1. The van der Waals surface area contributed by atoms with Crippen molar-refractivity contribution in [1.82, 2.24) is 24.7 Å². The Morgan fingerprint density at radius 3 is 2.92 bits per heavy atom. The number of imidazole rings is 1. The van der Waals surface area contributed by atoms with Gasteiger partial charge in [0, 0.05) is 45.1 Å². The molecule has 1 fully saturated rings. The fraction of sp³-hybridized carbons (Fsp3) is 0.789. The van der Waals surface area contributed by atoms with E-state index in [1.165, 1.54) is 19.4 Å². The largest absolute Gasteiger partial charge is 0.357 e. The summed E-state index contributed by atoms with van der Waals surface area (Å²) in [5.41, 5.74) is 0. The molecular formula is C19H36N6. The molecule has 2 rings (SSSR count). The molecule has 1 saturated heterocycles. The van der Waals surface area contributed by atoms with Gasteiger partial charge in [-0.25, -0.2) is 9.98 Å². The third kappa shape index (κ3) is 5.73. The molecule has 6 heteroatoms. The monoisotopic (exact) mass is 348 g/mol. The summed E-state index contributed by atoms with van der Waals surface area (Å²) in [7, 11) is 2.15. The van der Waals surface area contributed by atoms with E-state index in [-0.39, 0.29) is 0 Å². The number of guanidine groups is 1. The molecule has 2 heterocycles. The van der Waals surface area contributed by atoms with E-state index in [4.69, 9.17) is 4.99 Å². The maximum absolute atomic E-state index is 4.85. The Labute approximate surface area is 153 Å². The van der Waals surface area contributed by atoms with E-state index >= 15 is 0 Å². The van der Waals surface area contributed by atoms with Crippen molar-refractivity contribution in [3.63, 3.8) is 0 Å². The second-order valence-corrected chi connectivity index (χ2v) is 7.37. The number of likely N-dealkylation sites (N-methyl/N-ethyl adjacent to an activating group) is 2. The zero-order chi connectivity index (χ0) is 18.2. The standard InChI is InChI=1S/C19H36N6/c1-6-20-19(23(5)15-17-9-8-11-24(17)7-2)22-13-18-21-10-12-25(18)14-16(3)4/h10,12,16-17H,6-9,11,13-15H2,1-5H3,(H,20,22). The average Bonchev–Trinajstić information content (AvgIpc) is 3.19. The molecule has 142 valence electrons. The molecule has 25 heavy (non-hydrogen) atoms. The van der Waals surface area contributed by atoms with E-state index in [0.29, 0.717) is 18.5 Å². The van der Waals surface area contributed by atoms with Gasteiger partial charge in [0.15, 0.2) is 5.96 Å². The van der Waals surface area contributed by atoms with E-state index in [2.05, 4.69) is 65.6 Å². The van der Waals surface area contributed by atoms with Gasteiger partial charge in [0.1, 0.15) is 12.4 Å². The number of aliphatic imine (C=N–C) groups is 1. The molecule has 0 radical (unpaired) electrons. The van der Waals surface area contributed by atoms with Crippen LogP contribution in [0.15, 0.2) is 17.4 Å². The highest BCUT2D eigenvalue weighted by Gasteiger charge is 2.24. The van der Waals surface area contributed by atoms with Crippen LogP contribution in [0.2, 0.25) is 0 Å². The Kier molecular flexibility index (Phi) is 7.75. The minimum absolute atomic E-state index is 0.607. The number of likely N-dealkylation sites (tertiary alicyclic amines) is 1. The Bertz CT molecular complexity index is 536. The molecule has 0 aliphatic carbocycles. The first kappa shape index (κ1) is 19.8. The van der Waals surface area contributed by atoms with Crippen molar-refractivity contribution in [2.45, 2.75) is 59.7 Å². The zero-order valence-electron chi connectivity index (χ0n) is 16.7. The molecule has 0 spiro atoms. The molecule has 0 amide bonds. The molecule has 1 N–H and O–H groups in total. The Morgan fingerprint density at radius 1 is 1.44 bits per heavy atom. The van der Waals surface area contributed by atoms with Gasteiger partial charge in [0.05, 0.1) is 0 Å². The second-order valence-electron chi connectivity index (χ2n) is 7.37. The van der Waals surface area contributed by atoms with E-state index in [1.54, 1.807) is 0 Å². The van der Waals surface area contributed by atoms with Crippen LogP contribution >= 0.6 is 0 Å². The molecule has 1 unspecified atom stereocenters. The van der Waals surface area contributed by atoms with Gasteiger partial charge in [-0.3, -0.25) is 4.90 Å². The number of hydrogen-bond acceptors (Lipinski definition) is 3. The highest BCUT2D eigenvalue weighted by Crippen LogP contribution is 2.17. The van der Waals surface area contributed by atoms with Crippen LogP contribution in [0.5, 0.6) is 0 Å². The first-order valence-corrected chi connectivity index (χ1v) is 9.78. The highest BCUT2D eigenvalue weighted by atomic mass is 15.3. The maximum Gasteiger partial charge on any atom is 0.194 e. The van der Waals surface area contributed by atoms with Crippen molar-refractivity contribution >= 4 is 5.96 Å². The summed E-state index contributed by atoms with van der Waals surface area (Å²) < 4.78 is 2.22. The van der Waals surface area contributed by atoms with E-state index in [9.17, 15) is 0 Å². The highest BCUT2D eigenvalue weighted by molar-refractivity contribution is 5.79. The average molecular weight is 349 g/mol. The Morgan fingerprint density at radius 2 is 2.24 bits per heavy atom. The number of rotatable bonds is 8. The van der Waals surface area contributed by atoms with Gasteiger partial charge in [-0.15, -0.1) is 0 Å². The number of nitrogens with zero attached hydrogens (tertiary/aromatic N) is 5. The normalized spacial score (nSPS) is 19.0. The van der Waals surface area contributed by atoms with Crippen molar-refractivity contribution in [2.24, 2.45) is 10.9 Å². The molecule has 1 aromatic rings. The maximum atomic E-state index is 4.85. The first-order valence-electron chi connectivity index (χ1n) is 9.78. The molecule has 1 atom stereocenters. The van der Waals surface area contributed by atoms with Gasteiger partial charge in [-0.05, 0) is 38.8 Å². The molecule has 1 aromatic heterocycles. The molecule has 0 aromatic carbocycles. The summed E-state index contributed by atoms with van der Waals surface area (Å²) in [5.74, 6) is 2.62. The summed E-state index contributed by atoms with van der Waals surface area (Å²) in [5, 5.41) is 3.43. The molecule has 0 saturated carbocycles. The lowest BCUT2D eigenvalue weighted by atomic mass is 10.2. The van der Waals surface area contributed by atoms with Crippen LogP contribution in [0.25, 0.3) is 0 Å². The van der Waals surface area contributed by atoms with Crippen LogP contribution < -0.4 is 5.32 Å². The van der Waals surface area contributed by atoms with Gasteiger partial charge < -0.3 is 14.8 Å². The first-order chi connectivity index (χ1) is 12.0. The zero-order valence-corrected chi connectivity index (χ0v) is 16.7. The Hall–Kier alpha value is -1.56. The van der Waals surface area contributed by atoms with Gasteiger partial charge in [0.25, 0.3) is 0 Å². The molecule has 1 aliphatic rings. The molecule has 6 nitrogen and oxygen atoms in total. The number of aromatic nitrogens is 2. The van der Waals surface area contributed by atoms with E-state index in [0.717, 1.165) is 38.0 Å². The predicted octanol–water partition coefficient (Wildman–Crippen LogP) is 2.42. The van der Waals surface area contributed by atoms with Crippen LogP contribution in [0.3, 0.4) is 0 Å². The summed E-state index contributed by atoms with van der Waals surface area (Å²) >= 11 is 0. The molecule has 0 bridgehead atoms. The van der Waals surface area contributed by atoms with Gasteiger partial charge in [-0.2, -0.15) is 0 Å². The van der Waals surface area contributed by atoms with Crippen molar-refractivity contribution < 1.29 is 0 Å². The van der Waals surface area contributed by atoms with Crippen molar-refractivity contribution in [3.05, 3.63) is 18.2 Å². The summed E-state index contributed by atoms with van der Waals surface area (Å²) in [6, 6.07) is 0.641. The quantitative estimate of drug-likeness (QED) is 0.579. The van der Waals surface area contributed by atoms with Gasteiger partial charge >= 0.3 is 0 Å². The lowest BCUT2D eigenvalue weighted by Gasteiger charge is -2.29. The van der Waals surface area contributed by atoms with Crippen molar-refractivity contribution in [3.8, 4) is 0 Å².